The zero-order valence-corrected chi connectivity index (χ0v) is 10.9. The number of tetrazole rings is 1. The van der Waals surface area contributed by atoms with Gasteiger partial charge in [-0.25, -0.2) is 0 Å². The van der Waals surface area contributed by atoms with Crippen molar-refractivity contribution < 1.29 is 10.2 Å². The fourth-order valence-electron chi connectivity index (χ4n) is 1.27. The van der Waals surface area contributed by atoms with E-state index in [1.807, 2.05) is 0 Å². The number of aromatic hydroxyl groups is 1. The zero-order chi connectivity index (χ0) is 13.2. The van der Waals surface area contributed by atoms with Crippen molar-refractivity contribution in [2.75, 3.05) is 5.75 Å². The van der Waals surface area contributed by atoms with E-state index in [0.29, 0.717) is 10.9 Å². The van der Waals surface area contributed by atoms with Crippen LogP contribution in [0.25, 0.3) is 5.69 Å². The summed E-state index contributed by atoms with van der Waals surface area (Å²) in [7, 11) is 0. The van der Waals surface area contributed by atoms with E-state index in [1.54, 1.807) is 42.8 Å². The highest BCUT2D eigenvalue weighted by Gasteiger charge is 2.16. The summed E-state index contributed by atoms with van der Waals surface area (Å²) < 4.78 is 1.57. The summed E-state index contributed by atoms with van der Waals surface area (Å²) in [4.78, 5) is 0. The summed E-state index contributed by atoms with van der Waals surface area (Å²) in [6, 6.07) is 6.59. The van der Waals surface area contributed by atoms with Gasteiger partial charge in [-0.3, -0.25) is 0 Å². The van der Waals surface area contributed by atoms with Gasteiger partial charge in [-0.05, 0) is 48.5 Å². The lowest BCUT2D eigenvalue weighted by atomic mass is 10.2. The first kappa shape index (κ1) is 12.8. The number of nitrogens with zero attached hydrogens (tertiary/aromatic N) is 4. The number of benzene rings is 1. The fraction of sp³-hybridized carbons (Fsp3) is 0.364. The normalized spacial score (nSPS) is 11.7. The van der Waals surface area contributed by atoms with Crippen molar-refractivity contribution in [3.05, 3.63) is 24.3 Å². The molecular formula is C11H14N4O2S. The molecule has 6 nitrogen and oxygen atoms in total. The molecule has 0 aliphatic heterocycles. The second-order valence-corrected chi connectivity index (χ2v) is 5.43. The molecule has 1 aromatic carbocycles. The van der Waals surface area contributed by atoms with Crippen LogP contribution in [0.15, 0.2) is 29.4 Å². The smallest absolute Gasteiger partial charge is 0.214 e. The Balaban J connectivity index is 2.20. The van der Waals surface area contributed by atoms with Crippen molar-refractivity contribution in [3.63, 3.8) is 0 Å². The number of aliphatic hydroxyl groups is 1. The summed E-state index contributed by atoms with van der Waals surface area (Å²) in [5.41, 5.74) is -0.0211. The van der Waals surface area contributed by atoms with Gasteiger partial charge in [-0.2, -0.15) is 4.68 Å². The lowest BCUT2D eigenvalue weighted by Crippen LogP contribution is -2.22. The van der Waals surface area contributed by atoms with Crippen LogP contribution in [0.1, 0.15) is 13.8 Å². The Labute approximate surface area is 109 Å². The molecule has 2 N–H and O–H groups in total. The third-order valence-electron chi connectivity index (χ3n) is 2.09. The molecule has 2 rings (SSSR count). The minimum absolute atomic E-state index is 0.192. The summed E-state index contributed by atoms with van der Waals surface area (Å²) in [5.74, 6) is 0.684. The van der Waals surface area contributed by atoms with Gasteiger partial charge in [-0.15, -0.1) is 5.10 Å². The standard InChI is InChI=1S/C11H14N4O2S/c1-11(2,17)7-18-10-12-13-14-15(10)8-3-5-9(16)6-4-8/h3-6,16-17H,7H2,1-2H3. The molecule has 0 fully saturated rings. The van der Waals surface area contributed by atoms with Crippen molar-refractivity contribution in [2.45, 2.75) is 24.6 Å². The van der Waals surface area contributed by atoms with E-state index in [4.69, 9.17) is 0 Å². The van der Waals surface area contributed by atoms with Crippen molar-refractivity contribution in [1.82, 2.24) is 20.2 Å². The second-order valence-electron chi connectivity index (χ2n) is 4.49. The molecule has 96 valence electrons. The molecule has 7 heteroatoms. The number of hydrogen-bond donors (Lipinski definition) is 2. The van der Waals surface area contributed by atoms with Gasteiger partial charge in [0.2, 0.25) is 5.16 Å². The second kappa shape index (κ2) is 4.95. The van der Waals surface area contributed by atoms with Crippen LogP contribution in [0.3, 0.4) is 0 Å². The van der Waals surface area contributed by atoms with Crippen LogP contribution >= 0.6 is 11.8 Å². The van der Waals surface area contributed by atoms with E-state index in [2.05, 4.69) is 15.5 Å². The molecule has 0 saturated carbocycles. The Morgan fingerprint density at radius 3 is 2.56 bits per heavy atom. The van der Waals surface area contributed by atoms with Gasteiger partial charge in [0.15, 0.2) is 0 Å². The number of aromatic nitrogens is 4. The molecule has 1 heterocycles. The lowest BCUT2D eigenvalue weighted by Gasteiger charge is -2.15. The molecule has 2 aromatic rings. The zero-order valence-electron chi connectivity index (χ0n) is 10.1. The molecule has 18 heavy (non-hydrogen) atoms. The first-order valence-corrected chi connectivity index (χ1v) is 6.37. The minimum atomic E-state index is -0.781. The average Bonchev–Trinajstić information content (AvgIpc) is 2.75. The molecule has 0 saturated heterocycles. The highest BCUT2D eigenvalue weighted by atomic mass is 32.2. The lowest BCUT2D eigenvalue weighted by molar-refractivity contribution is 0.107. The number of hydrogen-bond acceptors (Lipinski definition) is 6. The van der Waals surface area contributed by atoms with Crippen LogP contribution in [0.5, 0.6) is 5.75 Å². The number of phenolic OH excluding ortho intramolecular Hbond substituents is 1. The van der Waals surface area contributed by atoms with E-state index in [9.17, 15) is 10.2 Å². The monoisotopic (exact) mass is 266 g/mol. The molecule has 1 aromatic heterocycles. The van der Waals surface area contributed by atoms with E-state index in [-0.39, 0.29) is 5.75 Å². The number of phenols is 1. The van der Waals surface area contributed by atoms with E-state index >= 15 is 0 Å². The van der Waals surface area contributed by atoms with Crippen LogP contribution in [-0.2, 0) is 0 Å². The Hall–Kier alpha value is -1.60. The molecule has 0 unspecified atom stereocenters. The predicted octanol–water partition coefficient (Wildman–Crippen LogP) is 1.23. The average molecular weight is 266 g/mol. The third-order valence-corrected chi connectivity index (χ3v) is 3.45. The van der Waals surface area contributed by atoms with Gasteiger partial charge in [0.1, 0.15) is 5.75 Å². The topological polar surface area (TPSA) is 84.1 Å². The van der Waals surface area contributed by atoms with Crippen LogP contribution in [0.4, 0.5) is 0 Å². The highest BCUT2D eigenvalue weighted by Crippen LogP contribution is 2.22. The number of rotatable bonds is 4. The Morgan fingerprint density at radius 2 is 1.94 bits per heavy atom. The molecular weight excluding hydrogens is 252 g/mol. The minimum Gasteiger partial charge on any atom is -0.508 e. The molecule has 0 aliphatic rings. The molecule has 0 amide bonds. The third kappa shape index (κ3) is 3.21. The first-order chi connectivity index (χ1) is 8.46. The van der Waals surface area contributed by atoms with Crippen LogP contribution < -0.4 is 0 Å². The van der Waals surface area contributed by atoms with Gasteiger partial charge in [0.25, 0.3) is 0 Å². The van der Waals surface area contributed by atoms with Gasteiger partial charge in [0.05, 0.1) is 11.3 Å². The summed E-state index contributed by atoms with van der Waals surface area (Å²) in [5, 5.41) is 30.9. The van der Waals surface area contributed by atoms with Crippen molar-refractivity contribution in [1.29, 1.82) is 0 Å². The molecule has 0 atom stereocenters. The largest absolute Gasteiger partial charge is 0.508 e. The maximum absolute atomic E-state index is 9.68. The van der Waals surface area contributed by atoms with E-state index < -0.39 is 5.60 Å². The Morgan fingerprint density at radius 1 is 1.28 bits per heavy atom. The fourth-order valence-corrected chi connectivity index (χ4v) is 2.11. The Bertz CT molecular complexity index is 519. The SMILES string of the molecule is CC(C)(O)CSc1nnnn1-c1ccc(O)cc1. The predicted molar refractivity (Wildman–Crippen MR) is 67.8 cm³/mol. The van der Waals surface area contributed by atoms with Crippen LogP contribution in [0.2, 0.25) is 0 Å². The number of thioether (sulfide) groups is 1. The quantitative estimate of drug-likeness (QED) is 0.810. The van der Waals surface area contributed by atoms with Gasteiger partial charge < -0.3 is 10.2 Å². The van der Waals surface area contributed by atoms with Gasteiger partial charge in [0, 0.05) is 5.75 Å². The highest BCUT2D eigenvalue weighted by molar-refractivity contribution is 7.99. The summed E-state index contributed by atoms with van der Waals surface area (Å²) >= 11 is 1.37. The van der Waals surface area contributed by atoms with E-state index in [1.165, 1.54) is 11.8 Å². The van der Waals surface area contributed by atoms with E-state index in [0.717, 1.165) is 5.69 Å². The maximum atomic E-state index is 9.68. The van der Waals surface area contributed by atoms with Crippen molar-refractivity contribution >= 4 is 11.8 Å². The first-order valence-electron chi connectivity index (χ1n) is 5.39. The van der Waals surface area contributed by atoms with Gasteiger partial charge >= 0.3 is 0 Å². The molecule has 0 aliphatic carbocycles. The van der Waals surface area contributed by atoms with Crippen LogP contribution in [0, 0.1) is 0 Å². The Kier molecular flexibility index (Phi) is 3.53. The molecule has 0 bridgehead atoms. The summed E-state index contributed by atoms with van der Waals surface area (Å²) in [6.45, 7) is 3.46. The molecule has 0 radical (unpaired) electrons. The van der Waals surface area contributed by atoms with Crippen molar-refractivity contribution in [2.24, 2.45) is 0 Å². The molecule has 0 spiro atoms. The summed E-state index contributed by atoms with van der Waals surface area (Å²) in [6.07, 6.45) is 0. The van der Waals surface area contributed by atoms with Gasteiger partial charge in [-0.1, -0.05) is 11.8 Å². The van der Waals surface area contributed by atoms with Crippen molar-refractivity contribution in [3.8, 4) is 11.4 Å². The maximum Gasteiger partial charge on any atom is 0.214 e. The van der Waals surface area contributed by atoms with Crippen LogP contribution in [-0.4, -0.2) is 41.8 Å².